The third-order valence-corrected chi connectivity index (χ3v) is 4.70. The molecule has 0 bridgehead atoms. The summed E-state index contributed by atoms with van der Waals surface area (Å²) in [4.78, 5) is 11.6. The minimum absolute atomic E-state index is 0.163. The van der Waals surface area contributed by atoms with Crippen LogP contribution < -0.4 is 0 Å². The summed E-state index contributed by atoms with van der Waals surface area (Å²) in [6.07, 6.45) is 0.0322. The van der Waals surface area contributed by atoms with Gasteiger partial charge >= 0.3 is 5.97 Å². The molecule has 0 spiro atoms. The van der Waals surface area contributed by atoms with Crippen LogP contribution in [0.15, 0.2) is 0 Å². The van der Waals surface area contributed by atoms with Crippen molar-refractivity contribution in [1.29, 1.82) is 0 Å². The van der Waals surface area contributed by atoms with Crippen LogP contribution >= 0.6 is 0 Å². The zero-order chi connectivity index (χ0) is 13.2. The smallest absolute Gasteiger partial charge is 0.324 e. The summed E-state index contributed by atoms with van der Waals surface area (Å²) in [5.74, 6) is -0.560. The van der Waals surface area contributed by atoms with Gasteiger partial charge in [-0.15, -0.1) is 0 Å². The normalized spacial score (nSPS) is 26.4. The van der Waals surface area contributed by atoms with Gasteiger partial charge in [0, 0.05) is 34.2 Å². The summed E-state index contributed by atoms with van der Waals surface area (Å²) in [6, 6.07) is -0.808. The average Bonchev–Trinajstić information content (AvgIpc) is 2.72. The van der Waals surface area contributed by atoms with Gasteiger partial charge < -0.3 is 9.47 Å². The second-order valence-electron chi connectivity index (χ2n) is 3.99. The topological polar surface area (TPSA) is 76.1 Å². The molecule has 7 nitrogen and oxygen atoms in total. The summed E-state index contributed by atoms with van der Waals surface area (Å²) in [6.45, 7) is 0.163. The second-order valence-corrected chi connectivity index (χ2v) is 6.09. The van der Waals surface area contributed by atoms with E-state index in [1.54, 1.807) is 0 Å². The fraction of sp³-hybridized carbons (Fsp3) is 0.889. The Morgan fingerprint density at radius 3 is 2.35 bits per heavy atom. The fourth-order valence-corrected chi connectivity index (χ4v) is 3.02. The first-order valence-electron chi connectivity index (χ1n) is 5.14. The summed E-state index contributed by atoms with van der Waals surface area (Å²) in [7, 11) is 1.93. The largest absolute Gasteiger partial charge is 0.468 e. The van der Waals surface area contributed by atoms with Crippen LogP contribution in [0, 0.1) is 0 Å². The molecule has 0 aromatic heterocycles. The number of hydrogen-bond donors (Lipinski definition) is 0. The molecule has 0 unspecified atom stereocenters. The maximum absolute atomic E-state index is 12.0. The molecule has 1 aliphatic heterocycles. The molecule has 2 atom stereocenters. The molecule has 1 saturated heterocycles. The number of carbonyl (C=O) groups excluding carboxylic acids is 1. The standard InChI is InChI=1S/C9H18N2O5S/c1-10(2)17(13,14)11-6-7(15-3)5-8(11)9(12)16-4/h7-8H,5-6H2,1-4H3/t7-,8+/m1/s1. The van der Waals surface area contributed by atoms with Crippen LogP contribution in [0.4, 0.5) is 0 Å². The summed E-state index contributed by atoms with van der Waals surface area (Å²) in [5, 5.41) is 0. The van der Waals surface area contributed by atoms with Crippen molar-refractivity contribution in [3.05, 3.63) is 0 Å². The van der Waals surface area contributed by atoms with Crippen LogP contribution in [0.3, 0.4) is 0 Å². The van der Waals surface area contributed by atoms with Gasteiger partial charge in [-0.1, -0.05) is 0 Å². The number of hydrogen-bond acceptors (Lipinski definition) is 5. The Bertz CT molecular complexity index is 381. The minimum Gasteiger partial charge on any atom is -0.468 e. The Labute approximate surface area is 101 Å². The number of carbonyl (C=O) groups is 1. The molecule has 0 radical (unpaired) electrons. The molecule has 0 N–H and O–H groups in total. The first-order chi connectivity index (χ1) is 7.84. The van der Waals surface area contributed by atoms with E-state index in [0.29, 0.717) is 6.42 Å². The molecule has 1 fully saturated rings. The quantitative estimate of drug-likeness (QED) is 0.614. The highest BCUT2D eigenvalue weighted by molar-refractivity contribution is 7.86. The fourth-order valence-electron chi connectivity index (χ4n) is 1.75. The van der Waals surface area contributed by atoms with E-state index in [4.69, 9.17) is 4.74 Å². The maximum atomic E-state index is 12.0. The lowest BCUT2D eigenvalue weighted by molar-refractivity contribution is -0.144. The number of esters is 1. The average molecular weight is 266 g/mol. The Morgan fingerprint density at radius 1 is 1.35 bits per heavy atom. The van der Waals surface area contributed by atoms with Gasteiger partial charge in [0.05, 0.1) is 13.2 Å². The second kappa shape index (κ2) is 5.30. The first-order valence-corrected chi connectivity index (χ1v) is 6.54. The highest BCUT2D eigenvalue weighted by atomic mass is 32.2. The van der Waals surface area contributed by atoms with Crippen LogP contribution in [-0.2, 0) is 24.5 Å². The lowest BCUT2D eigenvalue weighted by atomic mass is 10.2. The monoisotopic (exact) mass is 266 g/mol. The van der Waals surface area contributed by atoms with Gasteiger partial charge in [-0.3, -0.25) is 4.79 Å². The van der Waals surface area contributed by atoms with Crippen molar-refractivity contribution in [3.8, 4) is 0 Å². The third kappa shape index (κ3) is 2.76. The lowest BCUT2D eigenvalue weighted by Gasteiger charge is -2.24. The van der Waals surface area contributed by atoms with E-state index in [1.807, 2.05) is 0 Å². The Balaban J connectivity index is 2.99. The van der Waals surface area contributed by atoms with Crippen LogP contribution in [0.1, 0.15) is 6.42 Å². The summed E-state index contributed by atoms with van der Waals surface area (Å²) < 4.78 is 35.9. The van der Waals surface area contributed by atoms with Crippen molar-refractivity contribution in [2.75, 3.05) is 34.9 Å². The number of methoxy groups -OCH3 is 2. The molecule has 17 heavy (non-hydrogen) atoms. The van der Waals surface area contributed by atoms with Crippen molar-refractivity contribution in [1.82, 2.24) is 8.61 Å². The highest BCUT2D eigenvalue weighted by Gasteiger charge is 2.45. The zero-order valence-electron chi connectivity index (χ0n) is 10.4. The molecule has 8 heteroatoms. The Kier molecular flexibility index (Phi) is 4.48. The molecule has 0 aromatic rings. The maximum Gasteiger partial charge on any atom is 0.324 e. The molecule has 0 aromatic carbocycles. The SMILES string of the molecule is COC(=O)[C@@H]1C[C@@H](OC)CN1S(=O)(=O)N(C)C. The van der Waals surface area contributed by atoms with Crippen molar-refractivity contribution < 1.29 is 22.7 Å². The van der Waals surface area contributed by atoms with Gasteiger partial charge in [0.15, 0.2) is 0 Å². The molecule has 1 heterocycles. The summed E-state index contributed by atoms with van der Waals surface area (Å²) in [5.41, 5.74) is 0. The van der Waals surface area contributed by atoms with E-state index in [1.165, 1.54) is 28.3 Å². The molecular weight excluding hydrogens is 248 g/mol. The molecule has 0 amide bonds. The van der Waals surface area contributed by atoms with E-state index in [0.717, 1.165) is 8.61 Å². The molecule has 1 aliphatic rings. The van der Waals surface area contributed by atoms with Crippen molar-refractivity contribution >= 4 is 16.2 Å². The van der Waals surface area contributed by atoms with Gasteiger partial charge in [0.25, 0.3) is 10.2 Å². The number of nitrogens with zero attached hydrogens (tertiary/aromatic N) is 2. The van der Waals surface area contributed by atoms with Gasteiger partial charge in [0.2, 0.25) is 0 Å². The lowest BCUT2D eigenvalue weighted by Crippen LogP contribution is -2.46. The minimum atomic E-state index is -3.64. The zero-order valence-corrected chi connectivity index (χ0v) is 11.2. The van der Waals surface area contributed by atoms with Crippen LogP contribution in [-0.4, -0.2) is 70.0 Å². The van der Waals surface area contributed by atoms with E-state index in [-0.39, 0.29) is 12.6 Å². The molecular formula is C9H18N2O5S. The van der Waals surface area contributed by atoms with E-state index < -0.39 is 22.2 Å². The van der Waals surface area contributed by atoms with Crippen LogP contribution in [0.2, 0.25) is 0 Å². The van der Waals surface area contributed by atoms with Crippen molar-refractivity contribution in [2.24, 2.45) is 0 Å². The number of rotatable bonds is 4. The Morgan fingerprint density at radius 2 is 1.94 bits per heavy atom. The van der Waals surface area contributed by atoms with Crippen LogP contribution in [0.5, 0.6) is 0 Å². The van der Waals surface area contributed by atoms with E-state index in [9.17, 15) is 13.2 Å². The molecule has 100 valence electrons. The van der Waals surface area contributed by atoms with E-state index >= 15 is 0 Å². The predicted octanol–water partition coefficient (Wildman–Crippen LogP) is -0.945. The van der Waals surface area contributed by atoms with Gasteiger partial charge in [0.1, 0.15) is 6.04 Å². The van der Waals surface area contributed by atoms with E-state index in [2.05, 4.69) is 4.74 Å². The predicted molar refractivity (Wildman–Crippen MR) is 60.5 cm³/mol. The first kappa shape index (κ1) is 14.4. The van der Waals surface area contributed by atoms with Gasteiger partial charge in [-0.25, -0.2) is 0 Å². The highest BCUT2D eigenvalue weighted by Crippen LogP contribution is 2.25. The van der Waals surface area contributed by atoms with Crippen molar-refractivity contribution in [3.63, 3.8) is 0 Å². The summed E-state index contributed by atoms with van der Waals surface area (Å²) >= 11 is 0. The molecule has 1 rings (SSSR count). The number of ether oxygens (including phenoxy) is 2. The molecule has 0 saturated carbocycles. The molecule has 0 aliphatic carbocycles. The van der Waals surface area contributed by atoms with Crippen LogP contribution in [0.25, 0.3) is 0 Å². The van der Waals surface area contributed by atoms with Gasteiger partial charge in [-0.2, -0.15) is 17.0 Å². The Hall–Kier alpha value is -0.700. The van der Waals surface area contributed by atoms with Gasteiger partial charge in [-0.05, 0) is 0 Å². The third-order valence-electron chi connectivity index (χ3n) is 2.78. The van der Waals surface area contributed by atoms with Crippen molar-refractivity contribution in [2.45, 2.75) is 18.6 Å².